The summed E-state index contributed by atoms with van der Waals surface area (Å²) in [5, 5.41) is 33.1. The highest BCUT2D eigenvalue weighted by molar-refractivity contribution is 6.29. The normalized spacial score (nSPS) is 53.1. The first-order chi connectivity index (χ1) is 13.0. The zero-order chi connectivity index (χ0) is 20.6. The van der Waals surface area contributed by atoms with Crippen molar-refractivity contribution < 1.29 is 29.3 Å². The molecule has 9 atom stereocenters. The summed E-state index contributed by atoms with van der Waals surface area (Å²) in [5.74, 6) is -2.06. The molecule has 0 saturated heterocycles. The molecule has 156 valence electrons. The maximum absolute atomic E-state index is 15.2. The molecule has 0 aromatic carbocycles. The van der Waals surface area contributed by atoms with Crippen molar-refractivity contribution in [2.45, 2.75) is 69.9 Å². The van der Waals surface area contributed by atoms with E-state index in [1.807, 2.05) is 6.92 Å². The van der Waals surface area contributed by atoms with Crippen molar-refractivity contribution in [2.75, 3.05) is 5.88 Å². The molecule has 4 aliphatic carbocycles. The number of fused-ring (bicyclic) bond motifs is 5. The van der Waals surface area contributed by atoms with E-state index >= 15 is 4.39 Å². The van der Waals surface area contributed by atoms with Crippen LogP contribution in [0.3, 0.4) is 0 Å². The van der Waals surface area contributed by atoms with Gasteiger partial charge in [0.2, 0.25) is 0 Å². The van der Waals surface area contributed by atoms with Crippen LogP contribution >= 0.6 is 11.6 Å². The smallest absolute Gasteiger partial charge is 0.182 e. The molecule has 0 aliphatic heterocycles. The minimum Gasteiger partial charge on any atom is -0.393 e. The molecule has 0 radical (unpaired) electrons. The predicted octanol–water partition coefficient (Wildman–Crippen LogP) is 1.95. The van der Waals surface area contributed by atoms with Crippen LogP contribution in [0.5, 0.6) is 0 Å². The molecule has 3 fully saturated rings. The second-order valence-corrected chi connectivity index (χ2v) is 10.0. The Bertz CT molecular complexity index is 755. The summed E-state index contributed by atoms with van der Waals surface area (Å²) in [6.07, 6.45) is -0.839. The maximum Gasteiger partial charge on any atom is 0.182 e. The number of hydrogen-bond donors (Lipinski definition) is 3. The third-order valence-corrected chi connectivity index (χ3v) is 8.88. The molecule has 0 bridgehead atoms. The number of halogens is 2. The number of carbonyl (C=O) groups excluding carboxylic acids is 2. The summed E-state index contributed by atoms with van der Waals surface area (Å²) in [5.41, 5.74) is -3.30. The molecule has 0 aromatic rings. The zero-order valence-corrected chi connectivity index (χ0v) is 17.0. The summed E-state index contributed by atoms with van der Waals surface area (Å²) in [6.45, 7) is 3.63. The largest absolute Gasteiger partial charge is 0.393 e. The number of carbonyl (C=O) groups is 2. The zero-order valence-electron chi connectivity index (χ0n) is 16.2. The first-order valence-electron chi connectivity index (χ1n) is 10.1. The minimum atomic E-state index is -2.04. The fourth-order valence-corrected chi connectivity index (χ4v) is 7.51. The van der Waals surface area contributed by atoms with E-state index < -0.39 is 46.5 Å². The van der Waals surface area contributed by atoms with Crippen LogP contribution in [-0.2, 0) is 9.59 Å². The molecule has 5 nitrogen and oxygen atoms in total. The van der Waals surface area contributed by atoms with Gasteiger partial charge in [0.25, 0.3) is 0 Å². The Balaban J connectivity index is 1.80. The number of hydrogen-bond acceptors (Lipinski definition) is 5. The Hall–Kier alpha value is -0.820. The fraction of sp³-hybridized carbons (Fsp3) is 0.810. The van der Waals surface area contributed by atoms with Gasteiger partial charge in [-0.1, -0.05) is 13.8 Å². The highest BCUT2D eigenvalue weighted by Gasteiger charge is 2.72. The van der Waals surface area contributed by atoms with Gasteiger partial charge in [0.15, 0.2) is 17.2 Å². The lowest BCUT2D eigenvalue weighted by molar-refractivity contribution is -0.192. The van der Waals surface area contributed by atoms with Crippen molar-refractivity contribution >= 4 is 23.2 Å². The van der Waals surface area contributed by atoms with Crippen LogP contribution in [0.15, 0.2) is 11.6 Å². The van der Waals surface area contributed by atoms with Crippen molar-refractivity contribution in [3.05, 3.63) is 11.6 Å². The Morgan fingerprint density at radius 3 is 2.64 bits per heavy atom. The summed E-state index contributed by atoms with van der Waals surface area (Å²) < 4.78 is 15.2. The van der Waals surface area contributed by atoms with Crippen LogP contribution in [0.1, 0.15) is 46.0 Å². The second kappa shape index (κ2) is 6.34. The van der Waals surface area contributed by atoms with Gasteiger partial charge in [-0.2, -0.15) is 0 Å². The van der Waals surface area contributed by atoms with Gasteiger partial charge in [-0.3, -0.25) is 9.59 Å². The topological polar surface area (TPSA) is 94.8 Å². The Morgan fingerprint density at radius 1 is 1.32 bits per heavy atom. The van der Waals surface area contributed by atoms with Crippen LogP contribution in [0.4, 0.5) is 4.39 Å². The molecule has 0 heterocycles. The van der Waals surface area contributed by atoms with Gasteiger partial charge >= 0.3 is 0 Å². The number of aliphatic hydroxyl groups excluding tert-OH is 2. The first-order valence-corrected chi connectivity index (χ1v) is 10.6. The number of allylic oxidation sites excluding steroid dienone is 1. The van der Waals surface area contributed by atoms with Crippen LogP contribution in [0.2, 0.25) is 0 Å². The lowest BCUT2D eigenvalue weighted by Crippen LogP contribution is -2.64. The standard InChI is InChI=1S/C21H28ClFO5/c1-19-4-3-10(24)5-13(19)14(23)6-11-12-7-16(26)21(28,17(27)9-22)20(12,2)8-15(25)18(11)19/h5,11-12,14-16,18,25-26,28H,3-4,6-9H2,1-2H3/t11-,12-,14-,15-,16+,18+,19-,20-,21-/m0/s1. The van der Waals surface area contributed by atoms with E-state index in [1.54, 1.807) is 6.92 Å². The third kappa shape index (κ3) is 2.35. The minimum absolute atomic E-state index is 0.0814. The predicted molar refractivity (Wildman–Crippen MR) is 100 cm³/mol. The molecule has 28 heavy (non-hydrogen) atoms. The maximum atomic E-state index is 15.2. The van der Waals surface area contributed by atoms with Gasteiger partial charge in [0.05, 0.1) is 18.1 Å². The third-order valence-electron chi connectivity index (χ3n) is 8.64. The van der Waals surface area contributed by atoms with Gasteiger partial charge in [-0.05, 0) is 60.5 Å². The molecule has 0 aromatic heterocycles. The lowest BCUT2D eigenvalue weighted by Gasteiger charge is -2.60. The summed E-state index contributed by atoms with van der Waals surface area (Å²) >= 11 is 5.72. The molecule has 0 unspecified atom stereocenters. The van der Waals surface area contributed by atoms with E-state index in [-0.39, 0.29) is 42.8 Å². The van der Waals surface area contributed by atoms with Crippen LogP contribution in [-0.4, -0.2) is 56.7 Å². The number of rotatable bonds is 2. The van der Waals surface area contributed by atoms with Crippen molar-refractivity contribution in [1.82, 2.24) is 0 Å². The Morgan fingerprint density at radius 2 is 2.00 bits per heavy atom. The number of ketones is 2. The van der Waals surface area contributed by atoms with Crippen LogP contribution in [0.25, 0.3) is 0 Å². The van der Waals surface area contributed by atoms with Gasteiger partial charge in [0, 0.05) is 11.8 Å². The van der Waals surface area contributed by atoms with Gasteiger partial charge in [-0.15, -0.1) is 11.6 Å². The van der Waals surface area contributed by atoms with E-state index in [1.165, 1.54) is 6.08 Å². The molecule has 7 heteroatoms. The van der Waals surface area contributed by atoms with E-state index in [9.17, 15) is 24.9 Å². The van der Waals surface area contributed by atoms with E-state index in [0.29, 0.717) is 18.4 Å². The highest BCUT2D eigenvalue weighted by Crippen LogP contribution is 2.67. The van der Waals surface area contributed by atoms with Crippen molar-refractivity contribution in [2.24, 2.45) is 28.6 Å². The van der Waals surface area contributed by atoms with E-state index in [2.05, 4.69) is 0 Å². The monoisotopic (exact) mass is 414 g/mol. The van der Waals surface area contributed by atoms with Gasteiger partial charge in [-0.25, -0.2) is 4.39 Å². The molecular weight excluding hydrogens is 387 g/mol. The molecule has 3 saturated carbocycles. The molecule has 4 rings (SSSR count). The highest BCUT2D eigenvalue weighted by atomic mass is 35.5. The SMILES string of the molecule is C[C@]12CCC(=O)C=C1[C@@H](F)C[C@@H]1[C@@H]2[C@@H](O)C[C@@]2(C)[C@H]1C[C@@H](O)[C@]2(O)C(=O)CCl. The van der Waals surface area contributed by atoms with Crippen LogP contribution in [0, 0.1) is 28.6 Å². The van der Waals surface area contributed by atoms with Crippen LogP contribution < -0.4 is 0 Å². The summed E-state index contributed by atoms with van der Waals surface area (Å²) in [6, 6.07) is 0. The average molecular weight is 415 g/mol. The van der Waals surface area contributed by atoms with Crippen molar-refractivity contribution in [3.8, 4) is 0 Å². The van der Waals surface area contributed by atoms with E-state index in [4.69, 9.17) is 11.6 Å². The molecule has 4 aliphatic rings. The van der Waals surface area contributed by atoms with Gasteiger partial charge in [0.1, 0.15) is 6.17 Å². The van der Waals surface area contributed by atoms with E-state index in [0.717, 1.165) is 0 Å². The lowest BCUT2D eigenvalue weighted by atomic mass is 9.45. The average Bonchev–Trinajstić information content (AvgIpc) is 2.83. The first kappa shape index (κ1) is 20.5. The number of alkyl halides is 2. The fourth-order valence-electron chi connectivity index (χ4n) is 7.31. The van der Waals surface area contributed by atoms with Crippen molar-refractivity contribution in [3.63, 3.8) is 0 Å². The molecule has 0 spiro atoms. The Kier molecular flexibility index (Phi) is 4.63. The summed E-state index contributed by atoms with van der Waals surface area (Å²) in [7, 11) is 0. The second-order valence-electron chi connectivity index (χ2n) is 9.75. The molecule has 0 amide bonds. The van der Waals surface area contributed by atoms with Gasteiger partial charge < -0.3 is 15.3 Å². The Labute approximate surface area is 168 Å². The number of aliphatic hydroxyl groups is 3. The number of Topliss-reactive ketones (excluding diaryl/α,β-unsaturated/α-hetero) is 1. The molecule has 3 N–H and O–H groups in total. The quantitative estimate of drug-likeness (QED) is 0.600. The van der Waals surface area contributed by atoms with Crippen molar-refractivity contribution in [1.29, 1.82) is 0 Å². The summed E-state index contributed by atoms with van der Waals surface area (Å²) in [4.78, 5) is 24.4. The molecular formula is C21H28ClFO5.